The number of anilines is 1. The van der Waals surface area contributed by atoms with Crippen molar-refractivity contribution < 1.29 is 18.7 Å². The zero-order valence-electron chi connectivity index (χ0n) is 17.4. The minimum Gasteiger partial charge on any atom is -0.492 e. The van der Waals surface area contributed by atoms with Crippen molar-refractivity contribution in [2.75, 3.05) is 44.8 Å². The van der Waals surface area contributed by atoms with Gasteiger partial charge in [-0.05, 0) is 36.4 Å². The number of carbonyl (C=O) groups is 1. The molecule has 1 aliphatic heterocycles. The first-order chi connectivity index (χ1) is 15.1. The van der Waals surface area contributed by atoms with Gasteiger partial charge in [0, 0.05) is 44.1 Å². The molecule has 1 aromatic heterocycles. The van der Waals surface area contributed by atoms with E-state index in [1.165, 1.54) is 12.1 Å². The van der Waals surface area contributed by atoms with E-state index in [2.05, 4.69) is 15.3 Å². The van der Waals surface area contributed by atoms with E-state index < -0.39 is 11.7 Å². The summed E-state index contributed by atoms with van der Waals surface area (Å²) in [6, 6.07) is 13.2. The van der Waals surface area contributed by atoms with Crippen molar-refractivity contribution >= 4 is 11.6 Å². The topological polar surface area (TPSA) is 68.6 Å². The van der Waals surface area contributed by atoms with Crippen molar-refractivity contribution in [2.24, 2.45) is 7.05 Å². The molecule has 2 heterocycles. The van der Waals surface area contributed by atoms with Crippen molar-refractivity contribution in [3.8, 4) is 17.0 Å². The van der Waals surface area contributed by atoms with Gasteiger partial charge in [0.2, 0.25) is 0 Å². The van der Waals surface area contributed by atoms with Gasteiger partial charge in [0.25, 0.3) is 5.91 Å². The summed E-state index contributed by atoms with van der Waals surface area (Å²) in [5.74, 6) is -0.370. The van der Waals surface area contributed by atoms with Crippen molar-refractivity contribution in [3.63, 3.8) is 0 Å². The first kappa shape index (κ1) is 21.0. The summed E-state index contributed by atoms with van der Waals surface area (Å²) in [5.41, 5.74) is 2.19. The number of ether oxygens (including phenoxy) is 2. The number of aromatic nitrogens is 2. The highest BCUT2D eigenvalue weighted by molar-refractivity contribution is 6.04. The normalized spacial score (nSPS) is 14.4. The molecule has 1 N–H and O–H groups in total. The molecule has 1 saturated heterocycles. The lowest BCUT2D eigenvalue weighted by Gasteiger charge is -2.26. The van der Waals surface area contributed by atoms with Crippen molar-refractivity contribution in [2.45, 2.75) is 0 Å². The van der Waals surface area contributed by atoms with Gasteiger partial charge < -0.3 is 14.8 Å². The number of hydrogen-bond acceptors (Lipinski definition) is 5. The second-order valence-corrected chi connectivity index (χ2v) is 7.29. The molecule has 0 saturated carbocycles. The highest BCUT2D eigenvalue weighted by Crippen LogP contribution is 2.32. The van der Waals surface area contributed by atoms with Gasteiger partial charge >= 0.3 is 0 Å². The predicted octanol–water partition coefficient (Wildman–Crippen LogP) is 3.19. The summed E-state index contributed by atoms with van der Waals surface area (Å²) in [7, 11) is 1.84. The van der Waals surface area contributed by atoms with Crippen LogP contribution in [-0.2, 0) is 11.8 Å². The molecular formula is C23H25FN4O3. The van der Waals surface area contributed by atoms with Gasteiger partial charge in [0.05, 0.1) is 24.5 Å². The smallest absolute Gasteiger partial charge is 0.258 e. The molecule has 0 atom stereocenters. The Hall–Kier alpha value is -3.23. The minimum atomic E-state index is -0.560. The van der Waals surface area contributed by atoms with Crippen LogP contribution in [0.4, 0.5) is 10.1 Å². The fraction of sp³-hybridized carbons (Fsp3) is 0.304. The fourth-order valence-electron chi connectivity index (χ4n) is 3.53. The Kier molecular flexibility index (Phi) is 6.59. The number of morpholine rings is 1. The standard InChI is InChI=1S/C23H25FN4O3/c1-27-21(8-9-25-27)19-16-17(26-23(29)18-4-2-3-5-20(18)24)6-7-22(19)31-15-12-28-10-13-30-14-11-28/h2-9,16H,10-15H2,1H3,(H,26,29). The molecule has 0 spiro atoms. The van der Waals surface area contributed by atoms with Gasteiger partial charge in [-0.1, -0.05) is 12.1 Å². The van der Waals surface area contributed by atoms with Crippen LogP contribution in [0.25, 0.3) is 11.3 Å². The van der Waals surface area contributed by atoms with E-state index in [1.807, 2.05) is 25.2 Å². The monoisotopic (exact) mass is 424 g/mol. The summed E-state index contributed by atoms with van der Waals surface area (Å²) in [5, 5.41) is 7.01. The van der Waals surface area contributed by atoms with Crippen LogP contribution >= 0.6 is 0 Å². The molecule has 162 valence electrons. The average Bonchev–Trinajstić information content (AvgIpc) is 3.21. The van der Waals surface area contributed by atoms with E-state index in [-0.39, 0.29) is 5.56 Å². The third kappa shape index (κ3) is 5.10. The first-order valence-corrected chi connectivity index (χ1v) is 10.2. The lowest BCUT2D eigenvalue weighted by atomic mass is 10.1. The molecule has 1 fully saturated rings. The van der Waals surface area contributed by atoms with Gasteiger partial charge in [0.15, 0.2) is 0 Å². The Morgan fingerprint density at radius 3 is 2.74 bits per heavy atom. The van der Waals surface area contributed by atoms with E-state index in [9.17, 15) is 9.18 Å². The maximum atomic E-state index is 14.0. The summed E-state index contributed by atoms with van der Waals surface area (Å²) < 4.78 is 27.2. The molecule has 1 aliphatic rings. The largest absolute Gasteiger partial charge is 0.492 e. The second-order valence-electron chi connectivity index (χ2n) is 7.29. The summed E-state index contributed by atoms with van der Waals surface area (Å²) >= 11 is 0. The quantitative estimate of drug-likeness (QED) is 0.631. The van der Waals surface area contributed by atoms with E-state index in [4.69, 9.17) is 9.47 Å². The third-order valence-electron chi connectivity index (χ3n) is 5.22. The van der Waals surface area contributed by atoms with Crippen LogP contribution in [0.3, 0.4) is 0 Å². The van der Waals surface area contributed by atoms with Crippen molar-refractivity contribution in [1.29, 1.82) is 0 Å². The van der Waals surface area contributed by atoms with E-state index >= 15 is 0 Å². The van der Waals surface area contributed by atoms with Gasteiger partial charge in [-0.15, -0.1) is 0 Å². The zero-order chi connectivity index (χ0) is 21.6. The highest BCUT2D eigenvalue weighted by Gasteiger charge is 2.16. The van der Waals surface area contributed by atoms with Crippen LogP contribution in [0.1, 0.15) is 10.4 Å². The van der Waals surface area contributed by atoms with E-state index in [0.29, 0.717) is 18.0 Å². The van der Waals surface area contributed by atoms with Gasteiger partial charge in [-0.3, -0.25) is 14.4 Å². The fourth-order valence-corrected chi connectivity index (χ4v) is 3.53. The molecule has 4 rings (SSSR count). The number of halogens is 1. The number of nitrogens with one attached hydrogen (secondary N) is 1. The maximum absolute atomic E-state index is 14.0. The van der Waals surface area contributed by atoms with Crippen LogP contribution < -0.4 is 10.1 Å². The zero-order valence-corrected chi connectivity index (χ0v) is 17.4. The van der Waals surface area contributed by atoms with Crippen LogP contribution in [0.2, 0.25) is 0 Å². The Morgan fingerprint density at radius 2 is 2.00 bits per heavy atom. The SMILES string of the molecule is Cn1nccc1-c1cc(NC(=O)c2ccccc2F)ccc1OCCN1CCOCC1. The molecule has 0 bridgehead atoms. The van der Waals surface area contributed by atoms with Crippen LogP contribution in [0.15, 0.2) is 54.7 Å². The number of nitrogens with zero attached hydrogens (tertiary/aromatic N) is 3. The second kappa shape index (κ2) is 9.72. The Labute approximate surface area is 180 Å². The van der Waals surface area contributed by atoms with Gasteiger partial charge in [-0.25, -0.2) is 4.39 Å². The lowest BCUT2D eigenvalue weighted by Crippen LogP contribution is -2.38. The Bertz CT molecular complexity index is 1050. The van der Waals surface area contributed by atoms with Crippen LogP contribution in [0.5, 0.6) is 5.75 Å². The van der Waals surface area contributed by atoms with Gasteiger partial charge in [0.1, 0.15) is 18.2 Å². The molecular weight excluding hydrogens is 399 g/mol. The van der Waals surface area contributed by atoms with Crippen LogP contribution in [0, 0.1) is 5.82 Å². The summed E-state index contributed by atoms with van der Waals surface area (Å²) in [6.07, 6.45) is 1.71. The first-order valence-electron chi connectivity index (χ1n) is 10.2. The van der Waals surface area contributed by atoms with Crippen LogP contribution in [-0.4, -0.2) is 60.0 Å². The highest BCUT2D eigenvalue weighted by atomic mass is 19.1. The number of amides is 1. The molecule has 1 amide bonds. The maximum Gasteiger partial charge on any atom is 0.258 e. The minimum absolute atomic E-state index is 0.00424. The molecule has 2 aromatic carbocycles. The molecule has 8 heteroatoms. The molecule has 0 radical (unpaired) electrons. The predicted molar refractivity (Wildman–Crippen MR) is 116 cm³/mol. The summed E-state index contributed by atoms with van der Waals surface area (Å²) in [4.78, 5) is 14.8. The number of carbonyl (C=O) groups excluding carboxylic acids is 1. The van der Waals surface area contributed by atoms with Crippen molar-refractivity contribution in [1.82, 2.24) is 14.7 Å². The molecule has 0 unspecified atom stereocenters. The summed E-state index contributed by atoms with van der Waals surface area (Å²) in [6.45, 7) is 4.64. The van der Waals surface area contributed by atoms with Crippen molar-refractivity contribution in [3.05, 3.63) is 66.1 Å². The molecule has 3 aromatic rings. The van der Waals surface area contributed by atoms with E-state index in [0.717, 1.165) is 44.1 Å². The Morgan fingerprint density at radius 1 is 1.19 bits per heavy atom. The molecule has 7 nitrogen and oxygen atoms in total. The third-order valence-corrected chi connectivity index (χ3v) is 5.22. The van der Waals surface area contributed by atoms with Gasteiger partial charge in [-0.2, -0.15) is 5.10 Å². The lowest BCUT2D eigenvalue weighted by molar-refractivity contribution is 0.0323. The Balaban J connectivity index is 1.52. The average molecular weight is 424 g/mol. The number of benzene rings is 2. The molecule has 0 aliphatic carbocycles. The number of hydrogen-bond donors (Lipinski definition) is 1. The molecule has 31 heavy (non-hydrogen) atoms. The van der Waals surface area contributed by atoms with E-state index in [1.54, 1.807) is 29.1 Å². The number of aryl methyl sites for hydroxylation is 1. The number of rotatable bonds is 7.